The number of nitrogens with zero attached hydrogens (tertiary/aromatic N) is 3. The molecule has 0 aliphatic carbocycles. The van der Waals surface area contributed by atoms with Crippen molar-refractivity contribution in [3.05, 3.63) is 22.4 Å². The predicted octanol–water partition coefficient (Wildman–Crippen LogP) is 3.56. The van der Waals surface area contributed by atoms with Crippen LogP contribution in [0.3, 0.4) is 0 Å². The molecule has 1 atom stereocenters. The second-order valence-corrected chi connectivity index (χ2v) is 8.68. The second-order valence-electron chi connectivity index (χ2n) is 7.70. The van der Waals surface area contributed by atoms with Crippen LogP contribution in [-0.4, -0.2) is 68.1 Å². The van der Waals surface area contributed by atoms with Gasteiger partial charge in [0.25, 0.3) is 0 Å². The van der Waals surface area contributed by atoms with Gasteiger partial charge < -0.3 is 15.5 Å². The van der Waals surface area contributed by atoms with Crippen LogP contribution in [0.25, 0.3) is 0 Å². The summed E-state index contributed by atoms with van der Waals surface area (Å²) in [7, 11) is 2.20. The van der Waals surface area contributed by atoms with Crippen LogP contribution in [0.2, 0.25) is 0 Å². The van der Waals surface area contributed by atoms with E-state index in [1.165, 1.54) is 43.6 Å². The van der Waals surface area contributed by atoms with E-state index < -0.39 is 0 Å². The maximum Gasteiger partial charge on any atom is 0.191 e. The summed E-state index contributed by atoms with van der Waals surface area (Å²) < 4.78 is 0. The lowest BCUT2D eigenvalue weighted by Crippen LogP contribution is -2.39. The van der Waals surface area contributed by atoms with Crippen molar-refractivity contribution < 1.29 is 0 Å². The van der Waals surface area contributed by atoms with Gasteiger partial charge in [0.05, 0.1) is 12.6 Å². The Hall–Kier alpha value is -1.11. The van der Waals surface area contributed by atoms with Crippen LogP contribution in [0.5, 0.6) is 0 Å². The van der Waals surface area contributed by atoms with Crippen molar-refractivity contribution in [3.63, 3.8) is 0 Å². The van der Waals surface area contributed by atoms with Gasteiger partial charge in [0.2, 0.25) is 0 Å². The van der Waals surface area contributed by atoms with Crippen molar-refractivity contribution in [2.75, 3.05) is 46.3 Å². The van der Waals surface area contributed by atoms with E-state index in [9.17, 15) is 0 Å². The minimum absolute atomic E-state index is 0.419. The monoisotopic (exact) mass is 393 g/mol. The van der Waals surface area contributed by atoms with Gasteiger partial charge in [-0.25, -0.2) is 0 Å². The summed E-state index contributed by atoms with van der Waals surface area (Å²) in [6.45, 7) is 12.9. The maximum atomic E-state index is 4.92. The molecule has 154 valence electrons. The van der Waals surface area contributed by atoms with Gasteiger partial charge in [-0.3, -0.25) is 9.89 Å². The molecule has 0 radical (unpaired) electrons. The Morgan fingerprint density at radius 2 is 2.04 bits per heavy atom. The second kappa shape index (κ2) is 12.4. The summed E-state index contributed by atoms with van der Waals surface area (Å²) >= 11 is 1.86. The number of unbranched alkanes of at least 4 members (excludes halogenated alkanes) is 1. The summed E-state index contributed by atoms with van der Waals surface area (Å²) in [5.74, 6) is 0.954. The van der Waals surface area contributed by atoms with Crippen molar-refractivity contribution in [2.45, 2.75) is 58.5 Å². The number of hydrogen-bond acceptors (Lipinski definition) is 4. The zero-order chi connectivity index (χ0) is 19.5. The van der Waals surface area contributed by atoms with E-state index in [0.29, 0.717) is 12.1 Å². The average Bonchev–Trinajstić information content (AvgIpc) is 3.35. The Labute approximate surface area is 170 Å². The summed E-state index contributed by atoms with van der Waals surface area (Å²) in [5.41, 5.74) is 0. The number of likely N-dealkylation sites (tertiary alicyclic amines) is 1. The van der Waals surface area contributed by atoms with Crippen LogP contribution in [0.4, 0.5) is 0 Å². The molecule has 5 nitrogen and oxygen atoms in total. The quantitative estimate of drug-likeness (QED) is 0.343. The lowest BCUT2D eigenvalue weighted by molar-refractivity contribution is 0.255. The average molecular weight is 394 g/mol. The molecule has 0 aromatic carbocycles. The molecule has 0 saturated carbocycles. The standard InChI is InChI=1S/C21H39N5S/c1-5-22-21(23-12-6-7-13-25(4)18(2)3)24-17-19(20-11-10-16-27-20)26-14-8-9-15-26/h10-11,16,18-19H,5-9,12-15,17H2,1-4H3,(H2,22,23,24). The highest BCUT2D eigenvalue weighted by Crippen LogP contribution is 2.28. The van der Waals surface area contributed by atoms with Crippen LogP contribution in [0.15, 0.2) is 22.5 Å². The molecular formula is C21H39N5S. The molecule has 2 N–H and O–H groups in total. The van der Waals surface area contributed by atoms with Crippen molar-refractivity contribution in [1.29, 1.82) is 0 Å². The molecule has 1 aliphatic rings. The molecule has 27 heavy (non-hydrogen) atoms. The van der Waals surface area contributed by atoms with Crippen LogP contribution < -0.4 is 10.6 Å². The number of thiophene rings is 1. The molecule has 6 heteroatoms. The van der Waals surface area contributed by atoms with Gasteiger partial charge in [0, 0.05) is 24.0 Å². The number of guanidine groups is 1. The lowest BCUT2D eigenvalue weighted by atomic mass is 10.2. The molecule has 2 rings (SSSR count). The van der Waals surface area contributed by atoms with Gasteiger partial charge in [-0.1, -0.05) is 6.07 Å². The predicted molar refractivity (Wildman–Crippen MR) is 119 cm³/mol. The van der Waals surface area contributed by atoms with Gasteiger partial charge in [-0.2, -0.15) is 0 Å². The van der Waals surface area contributed by atoms with Crippen molar-refractivity contribution >= 4 is 17.3 Å². The van der Waals surface area contributed by atoms with Crippen LogP contribution in [0.1, 0.15) is 57.4 Å². The van der Waals surface area contributed by atoms with Gasteiger partial charge in [-0.15, -0.1) is 11.3 Å². The molecule has 1 aromatic rings. The highest BCUT2D eigenvalue weighted by atomic mass is 32.1. The number of rotatable bonds is 11. The van der Waals surface area contributed by atoms with Gasteiger partial charge in [0.15, 0.2) is 5.96 Å². The largest absolute Gasteiger partial charge is 0.357 e. The first-order valence-corrected chi connectivity index (χ1v) is 11.5. The fourth-order valence-corrected chi connectivity index (χ4v) is 4.24. The van der Waals surface area contributed by atoms with Crippen LogP contribution in [0, 0.1) is 0 Å². The third-order valence-electron chi connectivity index (χ3n) is 5.33. The topological polar surface area (TPSA) is 42.9 Å². The fourth-order valence-electron chi connectivity index (χ4n) is 3.39. The Kier molecular flexibility index (Phi) is 10.2. The normalized spacial score (nSPS) is 17.0. The van der Waals surface area contributed by atoms with Crippen LogP contribution in [-0.2, 0) is 0 Å². The number of hydrogen-bond donors (Lipinski definition) is 2. The SMILES string of the molecule is CCNC(=NCC(c1cccs1)N1CCCC1)NCCCCN(C)C(C)C. The van der Waals surface area contributed by atoms with Crippen LogP contribution >= 0.6 is 11.3 Å². The highest BCUT2D eigenvalue weighted by Gasteiger charge is 2.24. The lowest BCUT2D eigenvalue weighted by Gasteiger charge is -2.25. The van der Waals surface area contributed by atoms with E-state index in [4.69, 9.17) is 4.99 Å². The first-order valence-electron chi connectivity index (χ1n) is 10.6. The molecule has 0 amide bonds. The van der Waals surface area contributed by atoms with E-state index in [1.807, 2.05) is 11.3 Å². The molecular weight excluding hydrogens is 354 g/mol. The van der Waals surface area contributed by atoms with E-state index in [1.54, 1.807) is 0 Å². The van der Waals surface area contributed by atoms with E-state index >= 15 is 0 Å². The third-order valence-corrected chi connectivity index (χ3v) is 6.30. The zero-order valence-electron chi connectivity index (χ0n) is 17.7. The summed E-state index contributed by atoms with van der Waals surface area (Å²) in [6.07, 6.45) is 5.01. The smallest absolute Gasteiger partial charge is 0.191 e. The van der Waals surface area contributed by atoms with E-state index in [2.05, 4.69) is 65.8 Å². The molecule has 0 bridgehead atoms. The fraction of sp³-hybridized carbons (Fsp3) is 0.762. The molecule has 1 fully saturated rings. The number of aliphatic imine (C=N–C) groups is 1. The van der Waals surface area contributed by atoms with Crippen molar-refractivity contribution in [1.82, 2.24) is 20.4 Å². The minimum Gasteiger partial charge on any atom is -0.357 e. The first kappa shape index (κ1) is 22.2. The Morgan fingerprint density at radius 1 is 1.26 bits per heavy atom. The molecule has 1 unspecified atom stereocenters. The van der Waals surface area contributed by atoms with E-state index in [0.717, 1.165) is 32.1 Å². The summed E-state index contributed by atoms with van der Waals surface area (Å²) in [6, 6.07) is 5.46. The number of nitrogens with one attached hydrogen (secondary N) is 2. The maximum absolute atomic E-state index is 4.92. The van der Waals surface area contributed by atoms with Gasteiger partial charge >= 0.3 is 0 Å². The molecule has 1 aliphatic heterocycles. The first-order chi connectivity index (χ1) is 13.1. The van der Waals surface area contributed by atoms with Gasteiger partial charge in [0.1, 0.15) is 0 Å². The third kappa shape index (κ3) is 7.80. The Bertz CT molecular complexity index is 523. The zero-order valence-corrected chi connectivity index (χ0v) is 18.5. The molecule has 1 aromatic heterocycles. The Balaban J connectivity index is 1.83. The van der Waals surface area contributed by atoms with E-state index in [-0.39, 0.29) is 0 Å². The summed E-state index contributed by atoms with van der Waals surface area (Å²) in [4.78, 5) is 11.4. The van der Waals surface area contributed by atoms with Crippen molar-refractivity contribution in [3.8, 4) is 0 Å². The molecule has 0 spiro atoms. The molecule has 1 saturated heterocycles. The van der Waals surface area contributed by atoms with Gasteiger partial charge in [-0.05, 0) is 84.6 Å². The van der Waals surface area contributed by atoms with Crippen molar-refractivity contribution in [2.24, 2.45) is 4.99 Å². The molecule has 2 heterocycles. The Morgan fingerprint density at radius 3 is 2.67 bits per heavy atom. The highest BCUT2D eigenvalue weighted by molar-refractivity contribution is 7.10. The summed E-state index contributed by atoms with van der Waals surface area (Å²) in [5, 5.41) is 9.11. The minimum atomic E-state index is 0.419.